The predicted octanol–water partition coefficient (Wildman–Crippen LogP) is 4.98. The van der Waals surface area contributed by atoms with Crippen LogP contribution < -0.4 is 4.90 Å². The van der Waals surface area contributed by atoms with Gasteiger partial charge in [0.1, 0.15) is 0 Å². The Morgan fingerprint density at radius 1 is 0.943 bits per heavy atom. The Bertz CT molecular complexity index is 1060. The van der Waals surface area contributed by atoms with E-state index in [2.05, 4.69) is 64.4 Å². The molecule has 0 N–H and O–H groups in total. The van der Waals surface area contributed by atoms with E-state index in [-0.39, 0.29) is 12.0 Å². The number of likely N-dealkylation sites (tertiary alicyclic amines) is 1. The zero-order chi connectivity index (χ0) is 24.3. The molecule has 2 aromatic rings. The third kappa shape index (κ3) is 4.56. The Hall–Kier alpha value is -2.86. The number of anilines is 1. The van der Waals surface area contributed by atoms with Crippen LogP contribution >= 0.6 is 0 Å². The van der Waals surface area contributed by atoms with Gasteiger partial charge >= 0.3 is 0 Å². The van der Waals surface area contributed by atoms with Crippen molar-refractivity contribution in [2.45, 2.75) is 43.6 Å². The second-order valence-corrected chi connectivity index (χ2v) is 10.7. The maximum absolute atomic E-state index is 10.7. The average Bonchev–Trinajstić information content (AvgIpc) is 3.38. The lowest BCUT2D eigenvalue weighted by Crippen LogP contribution is -2.54. The van der Waals surface area contributed by atoms with Crippen molar-refractivity contribution in [1.82, 2.24) is 4.90 Å². The highest BCUT2D eigenvalue weighted by atomic mass is 16.5. The molecule has 2 aromatic carbocycles. The van der Waals surface area contributed by atoms with Crippen LogP contribution in [-0.2, 0) is 10.2 Å². The molecule has 0 radical (unpaired) electrons. The average molecular weight is 469 g/mol. The van der Waals surface area contributed by atoms with Crippen LogP contribution in [0, 0.1) is 40.4 Å². The Labute approximate surface area is 209 Å². The molecule has 2 heterocycles. The number of nitriles is 2. The largest absolute Gasteiger partial charge is 0.381 e. The highest BCUT2D eigenvalue weighted by molar-refractivity contribution is 5.51. The zero-order valence-electron chi connectivity index (χ0n) is 20.8. The van der Waals surface area contributed by atoms with E-state index in [1.165, 1.54) is 11.3 Å². The normalized spacial score (nSPS) is 25.4. The van der Waals surface area contributed by atoms with E-state index in [0.29, 0.717) is 17.4 Å². The van der Waals surface area contributed by atoms with Crippen LogP contribution in [-0.4, -0.2) is 50.8 Å². The molecule has 5 rings (SSSR count). The van der Waals surface area contributed by atoms with Gasteiger partial charge in [-0.3, -0.25) is 0 Å². The van der Waals surface area contributed by atoms with E-state index in [9.17, 15) is 5.26 Å². The molecule has 3 atom stereocenters. The van der Waals surface area contributed by atoms with Gasteiger partial charge in [-0.25, -0.2) is 0 Å². The van der Waals surface area contributed by atoms with E-state index < -0.39 is 5.41 Å². The van der Waals surface area contributed by atoms with Crippen LogP contribution in [0.4, 0.5) is 5.69 Å². The molecule has 182 valence electrons. The van der Waals surface area contributed by atoms with E-state index in [1.54, 1.807) is 0 Å². The summed E-state index contributed by atoms with van der Waals surface area (Å²) in [4.78, 5) is 5.02. The number of benzene rings is 2. The molecule has 0 amide bonds. The minimum atomic E-state index is -0.465. The topological polar surface area (TPSA) is 63.3 Å². The lowest BCUT2D eigenvalue weighted by atomic mass is 9.59. The second kappa shape index (κ2) is 10.4. The molecule has 2 aliphatic heterocycles. The Morgan fingerprint density at radius 2 is 1.66 bits per heavy atom. The Balaban J connectivity index is 1.22. The molecule has 1 saturated carbocycles. The van der Waals surface area contributed by atoms with Crippen molar-refractivity contribution in [2.24, 2.45) is 17.8 Å². The lowest BCUT2D eigenvalue weighted by Gasteiger charge is -2.48. The van der Waals surface area contributed by atoms with Crippen molar-refractivity contribution in [1.29, 1.82) is 10.5 Å². The van der Waals surface area contributed by atoms with Gasteiger partial charge in [-0.05, 0) is 74.5 Å². The molecule has 3 aliphatic rings. The minimum absolute atomic E-state index is 0.177. The molecule has 3 fully saturated rings. The fourth-order valence-electron chi connectivity index (χ4n) is 7.01. The van der Waals surface area contributed by atoms with Gasteiger partial charge in [0.25, 0.3) is 0 Å². The summed E-state index contributed by atoms with van der Waals surface area (Å²) in [6.07, 6.45) is 5.61. The summed E-state index contributed by atoms with van der Waals surface area (Å²) >= 11 is 0. The van der Waals surface area contributed by atoms with Gasteiger partial charge in [0.05, 0.1) is 29.2 Å². The number of piperidine rings is 1. The summed E-state index contributed by atoms with van der Waals surface area (Å²) in [6.45, 7) is 5.43. The number of rotatable bonds is 7. The monoisotopic (exact) mass is 468 g/mol. The first-order valence-corrected chi connectivity index (χ1v) is 13.1. The first kappa shape index (κ1) is 23.9. The van der Waals surface area contributed by atoms with Crippen LogP contribution in [0.3, 0.4) is 0 Å². The molecular weight excluding hydrogens is 432 g/mol. The van der Waals surface area contributed by atoms with Crippen molar-refractivity contribution in [3.8, 4) is 12.1 Å². The number of hydrogen-bond donors (Lipinski definition) is 0. The predicted molar refractivity (Wildman–Crippen MR) is 138 cm³/mol. The summed E-state index contributed by atoms with van der Waals surface area (Å²) in [5.41, 5.74) is 2.65. The molecule has 35 heavy (non-hydrogen) atoms. The van der Waals surface area contributed by atoms with E-state index in [1.807, 2.05) is 19.2 Å². The standard InChI is InChI=1S/C30H36N4O/c1-35-29-9-5-8-28(29)30(22-32,25-6-3-2-4-7-25)26-14-16-33(17-15-26)19-24-20-34(21-24)27-12-10-23(18-31)11-13-27/h2-4,6-7,10-13,24,26,28-29H,5,8-9,14-17,19-21H2,1H3/t28-,29-,30+/m0/s1. The summed E-state index contributed by atoms with van der Waals surface area (Å²) in [5, 5.41) is 19.7. The highest BCUT2D eigenvalue weighted by Crippen LogP contribution is 2.50. The quantitative estimate of drug-likeness (QED) is 0.573. The van der Waals surface area contributed by atoms with Crippen LogP contribution in [0.1, 0.15) is 43.2 Å². The summed E-state index contributed by atoms with van der Waals surface area (Å²) in [5.74, 6) is 1.32. The number of ether oxygens (including phenoxy) is 1. The van der Waals surface area contributed by atoms with Crippen molar-refractivity contribution < 1.29 is 4.74 Å². The highest BCUT2D eigenvalue weighted by Gasteiger charge is 2.52. The van der Waals surface area contributed by atoms with E-state index in [4.69, 9.17) is 10.00 Å². The molecular formula is C30H36N4O. The molecule has 5 heteroatoms. The van der Waals surface area contributed by atoms with Crippen molar-refractivity contribution in [3.05, 3.63) is 65.7 Å². The van der Waals surface area contributed by atoms with Gasteiger partial charge < -0.3 is 14.5 Å². The van der Waals surface area contributed by atoms with E-state index >= 15 is 0 Å². The molecule has 0 unspecified atom stereocenters. The first-order valence-electron chi connectivity index (χ1n) is 13.1. The molecule has 1 aliphatic carbocycles. The zero-order valence-corrected chi connectivity index (χ0v) is 20.8. The fraction of sp³-hybridized carbons (Fsp3) is 0.533. The molecule has 0 bridgehead atoms. The van der Waals surface area contributed by atoms with Gasteiger partial charge in [-0.2, -0.15) is 10.5 Å². The van der Waals surface area contributed by atoms with Gasteiger partial charge in [-0.15, -0.1) is 0 Å². The van der Waals surface area contributed by atoms with Gasteiger partial charge in [0, 0.05) is 44.3 Å². The maximum atomic E-state index is 10.7. The van der Waals surface area contributed by atoms with Gasteiger partial charge in [0.15, 0.2) is 0 Å². The summed E-state index contributed by atoms with van der Waals surface area (Å²) in [7, 11) is 1.82. The minimum Gasteiger partial charge on any atom is -0.381 e. The summed E-state index contributed by atoms with van der Waals surface area (Å²) < 4.78 is 5.92. The van der Waals surface area contributed by atoms with Crippen molar-refractivity contribution in [2.75, 3.05) is 44.7 Å². The van der Waals surface area contributed by atoms with Crippen LogP contribution in [0.15, 0.2) is 54.6 Å². The van der Waals surface area contributed by atoms with E-state index in [0.717, 1.165) is 64.8 Å². The lowest BCUT2D eigenvalue weighted by molar-refractivity contribution is 0.0193. The fourth-order valence-corrected chi connectivity index (χ4v) is 7.01. The van der Waals surface area contributed by atoms with Crippen LogP contribution in [0.2, 0.25) is 0 Å². The number of hydrogen-bond acceptors (Lipinski definition) is 5. The van der Waals surface area contributed by atoms with Crippen molar-refractivity contribution in [3.63, 3.8) is 0 Å². The molecule has 0 spiro atoms. The number of methoxy groups -OCH3 is 1. The SMILES string of the molecule is CO[C@H]1CCC[C@@H]1[C@](C#N)(c1ccccc1)C1CCN(CC2CN(c3ccc(C#N)cc3)C2)CC1. The third-order valence-electron chi connectivity index (χ3n) is 8.84. The first-order chi connectivity index (χ1) is 17.2. The third-order valence-corrected chi connectivity index (χ3v) is 8.84. The summed E-state index contributed by atoms with van der Waals surface area (Å²) in [6, 6.07) is 23.6. The van der Waals surface area contributed by atoms with Gasteiger partial charge in [0.2, 0.25) is 0 Å². The smallest absolute Gasteiger partial charge is 0.0991 e. The van der Waals surface area contributed by atoms with Crippen LogP contribution in [0.5, 0.6) is 0 Å². The molecule has 5 nitrogen and oxygen atoms in total. The maximum Gasteiger partial charge on any atom is 0.0991 e. The second-order valence-electron chi connectivity index (χ2n) is 10.7. The molecule has 2 saturated heterocycles. The number of nitrogens with zero attached hydrogens (tertiary/aromatic N) is 4. The van der Waals surface area contributed by atoms with Crippen LogP contribution in [0.25, 0.3) is 0 Å². The Morgan fingerprint density at radius 3 is 2.29 bits per heavy atom. The molecule has 0 aromatic heterocycles. The van der Waals surface area contributed by atoms with Gasteiger partial charge in [-0.1, -0.05) is 36.8 Å². The Kier molecular flexibility index (Phi) is 7.09. The van der Waals surface area contributed by atoms with Crippen molar-refractivity contribution >= 4 is 5.69 Å².